The van der Waals surface area contributed by atoms with E-state index in [1.54, 1.807) is 0 Å². The predicted octanol–water partition coefficient (Wildman–Crippen LogP) is 1.72. The van der Waals surface area contributed by atoms with Crippen LogP contribution in [0.3, 0.4) is 0 Å². The Bertz CT molecular complexity index is 756. The van der Waals surface area contributed by atoms with Gasteiger partial charge in [-0.1, -0.05) is 5.16 Å². The van der Waals surface area contributed by atoms with Crippen molar-refractivity contribution in [1.29, 1.82) is 0 Å². The highest BCUT2D eigenvalue weighted by Crippen LogP contribution is 2.17. The number of benzene rings is 2. The topological polar surface area (TPSA) is 105 Å². The average molecular weight is 309 g/mol. The van der Waals surface area contributed by atoms with Gasteiger partial charge in [-0.3, -0.25) is 4.72 Å². The van der Waals surface area contributed by atoms with E-state index in [2.05, 4.69) is 9.88 Å². The first-order valence-electron chi connectivity index (χ1n) is 5.79. The summed E-state index contributed by atoms with van der Waals surface area (Å²) in [6.45, 7) is 0. The molecule has 0 radical (unpaired) electrons. The Balaban J connectivity index is 2.23. The van der Waals surface area contributed by atoms with Crippen molar-refractivity contribution in [3.05, 3.63) is 59.9 Å². The zero-order chi connectivity index (χ0) is 15.5. The van der Waals surface area contributed by atoms with Crippen LogP contribution < -0.4 is 10.5 Å². The largest absolute Gasteiger partial charge is 0.409 e. The molecule has 110 valence electrons. The summed E-state index contributed by atoms with van der Waals surface area (Å²) in [6, 6.07) is 10.4. The molecule has 0 unspecified atom stereocenters. The van der Waals surface area contributed by atoms with Crippen molar-refractivity contribution in [3.8, 4) is 0 Å². The van der Waals surface area contributed by atoms with E-state index in [1.807, 2.05) is 0 Å². The van der Waals surface area contributed by atoms with Gasteiger partial charge in [0.15, 0.2) is 5.84 Å². The number of hydrogen-bond acceptors (Lipinski definition) is 4. The van der Waals surface area contributed by atoms with E-state index >= 15 is 0 Å². The zero-order valence-electron chi connectivity index (χ0n) is 10.7. The van der Waals surface area contributed by atoms with Crippen LogP contribution in [0, 0.1) is 5.82 Å². The summed E-state index contributed by atoms with van der Waals surface area (Å²) in [5.41, 5.74) is 6.15. The van der Waals surface area contributed by atoms with Crippen molar-refractivity contribution in [2.45, 2.75) is 4.90 Å². The molecule has 8 heteroatoms. The molecule has 4 N–H and O–H groups in total. The second-order valence-corrected chi connectivity index (χ2v) is 5.80. The van der Waals surface area contributed by atoms with Crippen LogP contribution in [-0.4, -0.2) is 19.5 Å². The third kappa shape index (κ3) is 3.48. The Kier molecular flexibility index (Phi) is 4.08. The first-order valence-corrected chi connectivity index (χ1v) is 7.27. The fourth-order valence-corrected chi connectivity index (χ4v) is 2.65. The lowest BCUT2D eigenvalue weighted by Crippen LogP contribution is -2.14. The third-order valence-corrected chi connectivity index (χ3v) is 4.06. The molecule has 0 aliphatic heterocycles. The summed E-state index contributed by atoms with van der Waals surface area (Å²) in [5.74, 6) is -0.597. The van der Waals surface area contributed by atoms with Crippen molar-refractivity contribution < 1.29 is 18.0 Å². The zero-order valence-corrected chi connectivity index (χ0v) is 11.5. The van der Waals surface area contributed by atoms with Gasteiger partial charge in [0.1, 0.15) is 5.82 Å². The Labute approximate surface area is 120 Å². The number of sulfonamides is 1. The summed E-state index contributed by atoms with van der Waals surface area (Å²) in [5, 5.41) is 11.4. The maximum absolute atomic E-state index is 12.8. The van der Waals surface area contributed by atoms with E-state index < -0.39 is 15.8 Å². The number of rotatable bonds is 4. The van der Waals surface area contributed by atoms with Crippen LogP contribution in [0.4, 0.5) is 10.1 Å². The Hall–Kier alpha value is -2.61. The maximum atomic E-state index is 12.8. The molecule has 0 aliphatic carbocycles. The van der Waals surface area contributed by atoms with Gasteiger partial charge in [0.2, 0.25) is 0 Å². The average Bonchev–Trinajstić information content (AvgIpc) is 2.47. The van der Waals surface area contributed by atoms with Gasteiger partial charge < -0.3 is 10.9 Å². The molecule has 0 saturated carbocycles. The molecule has 2 aromatic rings. The molecule has 0 aliphatic rings. The van der Waals surface area contributed by atoms with Gasteiger partial charge in [-0.05, 0) is 48.5 Å². The van der Waals surface area contributed by atoms with Gasteiger partial charge >= 0.3 is 0 Å². The van der Waals surface area contributed by atoms with Gasteiger partial charge in [0, 0.05) is 11.3 Å². The van der Waals surface area contributed by atoms with Crippen molar-refractivity contribution in [3.63, 3.8) is 0 Å². The summed E-state index contributed by atoms with van der Waals surface area (Å²) in [7, 11) is -3.80. The van der Waals surface area contributed by atoms with E-state index in [1.165, 1.54) is 36.4 Å². The highest BCUT2D eigenvalue weighted by molar-refractivity contribution is 7.92. The number of oxime groups is 1. The number of anilines is 1. The molecule has 2 aromatic carbocycles. The van der Waals surface area contributed by atoms with Crippen LogP contribution in [0.2, 0.25) is 0 Å². The summed E-state index contributed by atoms with van der Waals surface area (Å²) >= 11 is 0. The number of nitrogens with one attached hydrogen (secondary N) is 1. The number of hydrogen-bond donors (Lipinski definition) is 3. The molecule has 0 heterocycles. The highest BCUT2D eigenvalue weighted by atomic mass is 32.2. The minimum absolute atomic E-state index is 0.0515. The third-order valence-electron chi connectivity index (χ3n) is 2.66. The molecular weight excluding hydrogens is 297 g/mol. The van der Waals surface area contributed by atoms with Crippen LogP contribution >= 0.6 is 0 Å². The smallest absolute Gasteiger partial charge is 0.261 e. The summed E-state index contributed by atoms with van der Waals surface area (Å²) in [6.07, 6.45) is 0. The van der Waals surface area contributed by atoms with Crippen LogP contribution in [0.5, 0.6) is 0 Å². The number of amidine groups is 1. The van der Waals surface area contributed by atoms with Gasteiger partial charge in [0.05, 0.1) is 4.90 Å². The quantitative estimate of drug-likeness (QED) is 0.346. The number of halogens is 1. The van der Waals surface area contributed by atoms with Gasteiger partial charge in [0.25, 0.3) is 10.0 Å². The lowest BCUT2D eigenvalue weighted by Gasteiger charge is -2.08. The number of nitrogens with two attached hydrogens (primary N) is 1. The molecule has 0 fully saturated rings. The Morgan fingerprint density at radius 1 is 1.10 bits per heavy atom. The minimum Gasteiger partial charge on any atom is -0.409 e. The SMILES string of the molecule is N/C(=N\O)c1ccc(NS(=O)(=O)c2ccc(F)cc2)cc1. The van der Waals surface area contributed by atoms with Crippen molar-refractivity contribution >= 4 is 21.5 Å². The molecule has 21 heavy (non-hydrogen) atoms. The lowest BCUT2D eigenvalue weighted by molar-refractivity contribution is 0.318. The fraction of sp³-hybridized carbons (Fsp3) is 0. The van der Waals surface area contributed by atoms with Crippen LogP contribution in [0.25, 0.3) is 0 Å². The molecule has 2 rings (SSSR count). The normalized spacial score (nSPS) is 12.1. The number of nitrogens with zero attached hydrogens (tertiary/aromatic N) is 1. The molecule has 0 saturated heterocycles. The first kappa shape index (κ1) is 14.8. The van der Waals surface area contributed by atoms with E-state index in [9.17, 15) is 12.8 Å². The van der Waals surface area contributed by atoms with Crippen molar-refractivity contribution in [2.24, 2.45) is 10.9 Å². The van der Waals surface area contributed by atoms with Crippen molar-refractivity contribution in [1.82, 2.24) is 0 Å². The van der Waals surface area contributed by atoms with E-state index in [0.717, 1.165) is 12.1 Å². The van der Waals surface area contributed by atoms with Crippen LogP contribution in [0.1, 0.15) is 5.56 Å². The highest BCUT2D eigenvalue weighted by Gasteiger charge is 2.14. The molecule has 0 amide bonds. The Morgan fingerprint density at radius 3 is 2.19 bits per heavy atom. The maximum Gasteiger partial charge on any atom is 0.261 e. The molecule has 0 atom stereocenters. The lowest BCUT2D eigenvalue weighted by atomic mass is 10.2. The second kappa shape index (κ2) is 5.80. The molecule has 6 nitrogen and oxygen atoms in total. The molecule has 0 spiro atoms. The van der Waals surface area contributed by atoms with E-state index in [0.29, 0.717) is 11.3 Å². The van der Waals surface area contributed by atoms with Gasteiger partial charge in [-0.25, -0.2) is 12.8 Å². The van der Waals surface area contributed by atoms with Crippen LogP contribution in [-0.2, 0) is 10.0 Å². The minimum atomic E-state index is -3.80. The van der Waals surface area contributed by atoms with Crippen molar-refractivity contribution in [2.75, 3.05) is 4.72 Å². The van der Waals surface area contributed by atoms with Crippen LogP contribution in [0.15, 0.2) is 58.6 Å². The predicted molar refractivity (Wildman–Crippen MR) is 76.2 cm³/mol. The summed E-state index contributed by atoms with van der Waals surface area (Å²) < 4.78 is 39.3. The van der Waals surface area contributed by atoms with Gasteiger partial charge in [-0.15, -0.1) is 0 Å². The molecular formula is C13H12FN3O3S. The monoisotopic (exact) mass is 309 g/mol. The van der Waals surface area contributed by atoms with E-state index in [-0.39, 0.29) is 10.7 Å². The molecule has 0 aromatic heterocycles. The standard InChI is InChI=1S/C13H12FN3O3S/c14-10-3-7-12(8-4-10)21(19,20)17-11-5-1-9(2-6-11)13(15)16-18/h1-8,17-18H,(H2,15,16). The first-order chi connectivity index (χ1) is 9.92. The second-order valence-electron chi connectivity index (χ2n) is 4.12. The molecule has 0 bridgehead atoms. The fourth-order valence-electron chi connectivity index (χ4n) is 1.59. The van der Waals surface area contributed by atoms with Gasteiger partial charge in [-0.2, -0.15) is 0 Å². The Morgan fingerprint density at radius 2 is 1.67 bits per heavy atom. The van der Waals surface area contributed by atoms with E-state index in [4.69, 9.17) is 10.9 Å². The summed E-state index contributed by atoms with van der Waals surface area (Å²) in [4.78, 5) is -0.0515.